The molecule has 4 atom stereocenters. The zero-order chi connectivity index (χ0) is 34.1. The van der Waals surface area contributed by atoms with Gasteiger partial charge in [-0.05, 0) is 40.0 Å². The zero-order valence-electron chi connectivity index (χ0n) is 29.4. The van der Waals surface area contributed by atoms with Gasteiger partial charge in [-0.1, -0.05) is 73.1 Å². The van der Waals surface area contributed by atoms with Crippen LogP contribution >= 0.6 is 8.22 Å². The number of methoxy groups -OCH3 is 1. The van der Waals surface area contributed by atoms with Crippen LogP contribution in [0.5, 0.6) is 0 Å². The molecule has 4 N–H and O–H groups in total. The fourth-order valence-electron chi connectivity index (χ4n) is 3.95. The summed E-state index contributed by atoms with van der Waals surface area (Å²) in [6, 6.07) is -0.538. The number of nitrogen functional groups attached to an aromatic ring is 1. The first-order chi connectivity index (χ1) is 21.6. The molecule has 2 aromatic rings. The van der Waals surface area contributed by atoms with Crippen molar-refractivity contribution >= 4 is 37.5 Å². The molecule has 0 fully saturated rings. The molecule has 0 radical (unpaired) electrons. The molecule has 13 heteroatoms. The average Bonchev–Trinajstić information content (AvgIpc) is 3.46. The monoisotopic (exact) mass is 655 g/mol. The molecule has 0 spiro atoms. The van der Waals surface area contributed by atoms with Crippen LogP contribution in [0.1, 0.15) is 113 Å². The third-order valence-electron chi connectivity index (χ3n) is 6.90. The smallest absolute Gasteiger partial charge is 0.323 e. The van der Waals surface area contributed by atoms with Crippen LogP contribution in [0.15, 0.2) is 12.7 Å². The molecule has 0 aliphatic heterocycles. The van der Waals surface area contributed by atoms with Crippen molar-refractivity contribution in [1.82, 2.24) is 29.7 Å². The Labute approximate surface area is 273 Å². The van der Waals surface area contributed by atoms with E-state index in [1.807, 2.05) is 39.2 Å². The van der Waals surface area contributed by atoms with Gasteiger partial charge in [-0.3, -0.25) is 15.0 Å². The van der Waals surface area contributed by atoms with E-state index < -0.39 is 19.8 Å². The maximum atomic E-state index is 12.5. The lowest BCUT2D eigenvalue weighted by Crippen LogP contribution is -2.45. The maximum absolute atomic E-state index is 12.5. The van der Waals surface area contributed by atoms with E-state index in [0.29, 0.717) is 36.6 Å². The lowest BCUT2D eigenvalue weighted by Gasteiger charge is -2.32. The fraction of sp³-hybridized carbons (Fsp3) is 0.781. The van der Waals surface area contributed by atoms with Crippen LogP contribution in [0.25, 0.3) is 11.2 Å². The molecule has 2 heterocycles. The summed E-state index contributed by atoms with van der Waals surface area (Å²) < 4.78 is 18.3. The van der Waals surface area contributed by atoms with Crippen molar-refractivity contribution in [3.05, 3.63) is 12.7 Å². The van der Waals surface area contributed by atoms with Gasteiger partial charge in [0.1, 0.15) is 24.2 Å². The Morgan fingerprint density at radius 3 is 2.27 bits per heavy atom. The first-order valence-electron chi connectivity index (χ1n) is 16.6. The minimum absolute atomic E-state index is 0.192. The Balaban J connectivity index is 0.00000168. The fourth-order valence-corrected chi connectivity index (χ4v) is 5.96. The van der Waals surface area contributed by atoms with E-state index in [2.05, 4.69) is 39.0 Å². The third kappa shape index (κ3) is 17.9. The third-order valence-corrected chi connectivity index (χ3v) is 8.79. The number of nitrogens with one attached hydrogen (secondary N) is 2. The van der Waals surface area contributed by atoms with Crippen molar-refractivity contribution < 1.29 is 23.8 Å². The number of hydrogen-bond donors (Lipinski definition) is 3. The van der Waals surface area contributed by atoms with Crippen molar-refractivity contribution in [2.45, 2.75) is 137 Å². The standard InChI is InChI=1S/C23H40N7O4P.C7H16O.C2H6/c1-6-8-9-10-11-33-22(32)18(4)28-35(29-23(5,7-2)13-31)16-34-17(3)12-30-15-27-19-20(24)25-14-26-21(19)30;1-3-4-5-6-7-8-2;1-2/h13-15,17-18,28-29H,6-12,16H2,1-5H3,(H2,24,25,26);3-7H2,1-2H3;1-2H3/t17?,18?,23-,35?;;/m0../s1. The van der Waals surface area contributed by atoms with Gasteiger partial charge < -0.3 is 29.3 Å². The number of anilines is 1. The topological polar surface area (TPSA) is 156 Å². The van der Waals surface area contributed by atoms with Crippen molar-refractivity contribution in [2.75, 3.05) is 32.4 Å². The molecule has 12 nitrogen and oxygen atoms in total. The molecule has 45 heavy (non-hydrogen) atoms. The van der Waals surface area contributed by atoms with Gasteiger partial charge in [-0.2, -0.15) is 0 Å². The van der Waals surface area contributed by atoms with Crippen molar-refractivity contribution in [3.63, 3.8) is 0 Å². The molecule has 0 saturated heterocycles. The van der Waals surface area contributed by atoms with Crippen LogP contribution in [-0.4, -0.2) is 76.1 Å². The summed E-state index contributed by atoms with van der Waals surface area (Å²) in [5.41, 5.74) is 6.33. The number of nitrogens with zero attached hydrogens (tertiary/aromatic N) is 4. The van der Waals surface area contributed by atoms with Crippen LogP contribution in [0.4, 0.5) is 5.82 Å². The predicted molar refractivity (Wildman–Crippen MR) is 185 cm³/mol. The maximum Gasteiger partial charge on any atom is 0.323 e. The van der Waals surface area contributed by atoms with Crippen LogP contribution < -0.4 is 15.9 Å². The number of carbonyl (C=O) groups excluding carboxylic acids is 2. The minimum atomic E-state index is -1.22. The summed E-state index contributed by atoms with van der Waals surface area (Å²) >= 11 is 0. The molecule has 0 bridgehead atoms. The first kappa shape index (κ1) is 42.8. The number of hydrogen-bond acceptors (Lipinski definition) is 11. The second-order valence-corrected chi connectivity index (χ2v) is 12.6. The summed E-state index contributed by atoms with van der Waals surface area (Å²) in [6.07, 6.45) is 14.0. The summed E-state index contributed by atoms with van der Waals surface area (Å²) in [4.78, 5) is 36.7. The highest BCUT2D eigenvalue weighted by molar-refractivity contribution is 7.53. The van der Waals surface area contributed by atoms with Crippen molar-refractivity contribution in [2.24, 2.45) is 0 Å². The van der Waals surface area contributed by atoms with E-state index >= 15 is 0 Å². The van der Waals surface area contributed by atoms with Crippen molar-refractivity contribution in [1.29, 1.82) is 0 Å². The Kier molecular flexibility index (Phi) is 24.6. The van der Waals surface area contributed by atoms with E-state index in [-0.39, 0.29) is 18.4 Å². The first-order valence-corrected chi connectivity index (χ1v) is 18.1. The van der Waals surface area contributed by atoms with E-state index in [4.69, 9.17) is 19.9 Å². The number of nitrogens with two attached hydrogens (primary N) is 1. The van der Waals surface area contributed by atoms with Gasteiger partial charge in [0.25, 0.3) is 0 Å². The molecule has 0 aromatic carbocycles. The van der Waals surface area contributed by atoms with Crippen LogP contribution in [0, 0.1) is 0 Å². The van der Waals surface area contributed by atoms with Crippen LogP contribution in [-0.2, 0) is 30.3 Å². The van der Waals surface area contributed by atoms with Gasteiger partial charge in [0.2, 0.25) is 0 Å². The summed E-state index contributed by atoms with van der Waals surface area (Å²) in [6.45, 7) is 17.7. The van der Waals surface area contributed by atoms with E-state index in [1.54, 1.807) is 20.4 Å². The minimum Gasteiger partial charge on any atom is -0.465 e. The number of carbonyl (C=O) groups is 2. The molecule has 0 amide bonds. The highest BCUT2D eigenvalue weighted by Gasteiger charge is 2.28. The Morgan fingerprint density at radius 2 is 1.69 bits per heavy atom. The number of rotatable bonds is 22. The van der Waals surface area contributed by atoms with Crippen molar-refractivity contribution in [3.8, 4) is 0 Å². The Hall–Kier alpha value is -2.24. The van der Waals surface area contributed by atoms with Gasteiger partial charge in [-0.15, -0.1) is 0 Å². The van der Waals surface area contributed by atoms with Gasteiger partial charge >= 0.3 is 5.97 Å². The second-order valence-electron chi connectivity index (χ2n) is 11.0. The van der Waals surface area contributed by atoms with E-state index in [0.717, 1.165) is 38.6 Å². The molecular formula is C32H62N7O5P. The van der Waals surface area contributed by atoms with Gasteiger partial charge in [0.15, 0.2) is 11.5 Å². The molecule has 2 rings (SSSR count). The highest BCUT2D eigenvalue weighted by Crippen LogP contribution is 2.31. The molecule has 2 aromatic heterocycles. The Bertz CT molecular complexity index is 1040. The largest absolute Gasteiger partial charge is 0.465 e. The number of fused-ring (bicyclic) bond motifs is 1. The molecule has 0 saturated carbocycles. The van der Waals surface area contributed by atoms with E-state index in [1.165, 1.54) is 32.0 Å². The molecular weight excluding hydrogens is 593 g/mol. The zero-order valence-corrected chi connectivity index (χ0v) is 30.3. The second kappa shape index (κ2) is 25.9. The van der Waals surface area contributed by atoms with E-state index in [9.17, 15) is 9.59 Å². The van der Waals surface area contributed by atoms with Gasteiger partial charge in [0, 0.05) is 13.7 Å². The Morgan fingerprint density at radius 1 is 1.04 bits per heavy atom. The predicted octanol–water partition coefficient (Wildman–Crippen LogP) is 6.38. The molecule has 0 aliphatic carbocycles. The number of esters is 1. The molecule has 3 unspecified atom stereocenters. The summed E-state index contributed by atoms with van der Waals surface area (Å²) in [7, 11) is 0.539. The summed E-state index contributed by atoms with van der Waals surface area (Å²) in [5.74, 6) is 0.0218. The SMILES string of the molecule is CC.CCCCCCOC.CCCCCCOC(=O)C(C)NP(COC(C)Cn1cnc2c(N)ncnc21)N[C@](C)(C=O)CC. The highest BCUT2D eigenvalue weighted by atomic mass is 31.1. The van der Waals surface area contributed by atoms with Crippen LogP contribution in [0.2, 0.25) is 0 Å². The lowest BCUT2D eigenvalue weighted by molar-refractivity contribution is -0.145. The summed E-state index contributed by atoms with van der Waals surface area (Å²) in [5, 5.41) is 6.63. The van der Waals surface area contributed by atoms with Gasteiger partial charge in [0.05, 0.1) is 45.7 Å². The number of aldehydes is 1. The van der Waals surface area contributed by atoms with Crippen LogP contribution in [0.3, 0.4) is 0 Å². The number of aromatic nitrogens is 4. The normalized spacial score (nSPS) is 14.2. The van der Waals surface area contributed by atoms with Gasteiger partial charge in [-0.25, -0.2) is 15.0 Å². The average molecular weight is 656 g/mol. The number of unbranched alkanes of at least 4 members (excludes halogenated alkanes) is 6. The molecule has 0 aliphatic rings. The quantitative estimate of drug-likeness (QED) is 0.0560. The number of imidazole rings is 1. The number of ether oxygens (including phenoxy) is 3. The lowest BCUT2D eigenvalue weighted by atomic mass is 10.0. The molecule has 260 valence electrons.